The molecule has 0 bridgehead atoms. The van der Waals surface area contributed by atoms with Gasteiger partial charge in [-0.05, 0) is 29.1 Å². The van der Waals surface area contributed by atoms with E-state index in [1.807, 2.05) is 53.4 Å². The van der Waals surface area contributed by atoms with E-state index in [1.54, 1.807) is 11.0 Å². The van der Waals surface area contributed by atoms with Gasteiger partial charge in [-0.2, -0.15) is 0 Å². The molecule has 0 aliphatic carbocycles. The van der Waals surface area contributed by atoms with E-state index in [0.717, 1.165) is 22.0 Å². The van der Waals surface area contributed by atoms with Gasteiger partial charge in [0.2, 0.25) is 11.5 Å². The molecule has 1 amide bonds. The molecule has 3 aromatic rings. The van der Waals surface area contributed by atoms with Gasteiger partial charge in [0.1, 0.15) is 0 Å². The van der Waals surface area contributed by atoms with Gasteiger partial charge >= 0.3 is 0 Å². The Morgan fingerprint density at radius 2 is 1.86 bits per heavy atom. The average Bonchev–Trinajstić information content (AvgIpc) is 2.74. The topological polar surface area (TPSA) is 82.7 Å². The predicted molar refractivity (Wildman–Crippen MR) is 108 cm³/mol. The van der Waals surface area contributed by atoms with E-state index in [4.69, 9.17) is 4.74 Å². The van der Waals surface area contributed by atoms with Crippen molar-refractivity contribution in [1.29, 1.82) is 0 Å². The number of pyridine rings is 1. The Bertz CT molecular complexity index is 1080. The Labute approximate surface area is 167 Å². The van der Waals surface area contributed by atoms with Gasteiger partial charge in [0.15, 0.2) is 6.23 Å². The lowest BCUT2D eigenvalue weighted by molar-refractivity contribution is -0.155. The molecule has 0 saturated carbocycles. The number of piperazine rings is 1. The lowest BCUT2D eigenvalue weighted by Crippen LogP contribution is -2.51. The molecule has 1 aliphatic rings. The number of aromatic amines is 1. The molecule has 2 heterocycles. The van der Waals surface area contributed by atoms with E-state index in [2.05, 4.69) is 4.98 Å². The average molecular weight is 391 g/mol. The molecule has 1 atom stereocenters. The summed E-state index contributed by atoms with van der Waals surface area (Å²) in [5.74, 6) is -0.0201. The Morgan fingerprint density at radius 3 is 2.62 bits per heavy atom. The molecule has 2 aromatic carbocycles. The third-order valence-corrected chi connectivity index (χ3v) is 5.11. The number of fused-ring (bicyclic) bond motifs is 1. The highest BCUT2D eigenvalue weighted by Gasteiger charge is 2.30. The molecule has 7 nitrogen and oxygen atoms in total. The first-order valence-electron chi connectivity index (χ1n) is 9.42. The lowest BCUT2D eigenvalue weighted by Gasteiger charge is -2.37. The molecule has 1 unspecified atom stereocenters. The van der Waals surface area contributed by atoms with Crippen LogP contribution in [-0.2, 0) is 20.9 Å². The van der Waals surface area contributed by atoms with Crippen molar-refractivity contribution in [2.75, 3.05) is 19.6 Å². The van der Waals surface area contributed by atoms with Crippen LogP contribution < -0.4 is 5.56 Å². The summed E-state index contributed by atoms with van der Waals surface area (Å²) in [5.41, 5.74) is 2.47. The minimum Gasteiger partial charge on any atom is -0.444 e. The molecule has 148 valence electrons. The van der Waals surface area contributed by atoms with Crippen molar-refractivity contribution < 1.29 is 14.3 Å². The maximum Gasteiger partial charge on any atom is 0.294 e. The van der Waals surface area contributed by atoms with Gasteiger partial charge in [-0.1, -0.05) is 36.4 Å². The summed E-state index contributed by atoms with van der Waals surface area (Å²) in [7, 11) is 0. The van der Waals surface area contributed by atoms with Gasteiger partial charge in [0, 0.05) is 36.8 Å². The van der Waals surface area contributed by atoms with Crippen molar-refractivity contribution in [2.24, 2.45) is 0 Å². The zero-order valence-electron chi connectivity index (χ0n) is 15.8. The van der Waals surface area contributed by atoms with Gasteiger partial charge in [-0.15, -0.1) is 0 Å². The normalized spacial score (nSPS) is 16.0. The van der Waals surface area contributed by atoms with Crippen LogP contribution >= 0.6 is 0 Å². The molecule has 1 fully saturated rings. The van der Waals surface area contributed by atoms with Gasteiger partial charge < -0.3 is 14.6 Å². The van der Waals surface area contributed by atoms with Crippen LogP contribution in [0.15, 0.2) is 65.5 Å². The Kier molecular flexibility index (Phi) is 5.39. The first-order chi connectivity index (χ1) is 14.1. The van der Waals surface area contributed by atoms with E-state index >= 15 is 0 Å². The van der Waals surface area contributed by atoms with E-state index in [-0.39, 0.29) is 18.0 Å². The number of ether oxygens (including phenoxy) is 1. The number of nitrogens with one attached hydrogen (secondary N) is 1. The molecule has 1 N–H and O–H groups in total. The maximum atomic E-state index is 12.8. The number of aromatic nitrogens is 1. The van der Waals surface area contributed by atoms with Gasteiger partial charge in [-0.3, -0.25) is 19.3 Å². The second kappa shape index (κ2) is 8.28. The molecule has 0 radical (unpaired) electrons. The van der Waals surface area contributed by atoms with Crippen molar-refractivity contribution in [2.45, 2.75) is 12.8 Å². The molecule has 4 rings (SSSR count). The quantitative estimate of drug-likeness (QED) is 0.651. The van der Waals surface area contributed by atoms with Gasteiger partial charge in [0.25, 0.3) is 6.47 Å². The van der Waals surface area contributed by atoms with E-state index in [1.165, 1.54) is 6.07 Å². The number of hydrogen-bond donors (Lipinski definition) is 1. The zero-order chi connectivity index (χ0) is 20.2. The summed E-state index contributed by atoms with van der Waals surface area (Å²) in [6.45, 7) is 2.22. The standard InChI is InChI=1S/C22H21N3O4/c26-15-29-22(17-4-2-1-3-5-17)25-11-10-24(21(28)14-25)13-16-6-8-19-18(12-16)7-9-20(27)23-19/h1-9,12,15,22H,10-11,13-14H2,(H,23,27). The lowest BCUT2D eigenvalue weighted by atomic mass is 10.1. The second-order valence-electron chi connectivity index (χ2n) is 7.03. The Morgan fingerprint density at radius 1 is 1.03 bits per heavy atom. The molecule has 1 saturated heterocycles. The fourth-order valence-electron chi connectivity index (χ4n) is 3.66. The minimum atomic E-state index is -0.572. The second-order valence-corrected chi connectivity index (χ2v) is 7.03. The van der Waals surface area contributed by atoms with E-state index in [0.29, 0.717) is 26.1 Å². The zero-order valence-corrected chi connectivity index (χ0v) is 15.8. The van der Waals surface area contributed by atoms with Crippen molar-refractivity contribution in [3.63, 3.8) is 0 Å². The van der Waals surface area contributed by atoms with Crippen molar-refractivity contribution >= 4 is 23.3 Å². The van der Waals surface area contributed by atoms with Crippen LogP contribution in [0.25, 0.3) is 10.9 Å². The number of carbonyl (C=O) groups excluding carboxylic acids is 2. The van der Waals surface area contributed by atoms with Crippen molar-refractivity contribution in [1.82, 2.24) is 14.8 Å². The smallest absolute Gasteiger partial charge is 0.294 e. The summed E-state index contributed by atoms with van der Waals surface area (Å²) >= 11 is 0. The monoisotopic (exact) mass is 391 g/mol. The molecular formula is C22H21N3O4. The maximum absolute atomic E-state index is 12.8. The molecule has 29 heavy (non-hydrogen) atoms. The molecular weight excluding hydrogens is 370 g/mol. The van der Waals surface area contributed by atoms with Gasteiger partial charge in [0.05, 0.1) is 6.54 Å². The Balaban J connectivity index is 1.46. The van der Waals surface area contributed by atoms with E-state index in [9.17, 15) is 14.4 Å². The third-order valence-electron chi connectivity index (χ3n) is 5.11. The van der Waals surface area contributed by atoms with Crippen LogP contribution in [0.4, 0.5) is 0 Å². The number of hydrogen-bond acceptors (Lipinski definition) is 5. The number of carbonyl (C=O) groups is 2. The summed E-state index contributed by atoms with van der Waals surface area (Å²) in [6.07, 6.45) is -0.572. The highest BCUT2D eigenvalue weighted by molar-refractivity contribution is 5.80. The number of nitrogens with zero attached hydrogens (tertiary/aromatic N) is 2. The van der Waals surface area contributed by atoms with Crippen molar-refractivity contribution in [3.05, 3.63) is 82.1 Å². The van der Waals surface area contributed by atoms with Crippen LogP contribution in [0.3, 0.4) is 0 Å². The Hall–Kier alpha value is -3.45. The minimum absolute atomic E-state index is 0.0201. The largest absolute Gasteiger partial charge is 0.444 e. The first kappa shape index (κ1) is 18.9. The number of rotatable bonds is 6. The van der Waals surface area contributed by atoms with Crippen LogP contribution in [0.1, 0.15) is 17.4 Å². The fraction of sp³-hybridized carbons (Fsp3) is 0.227. The number of benzene rings is 2. The van der Waals surface area contributed by atoms with Crippen LogP contribution in [0.5, 0.6) is 0 Å². The highest BCUT2D eigenvalue weighted by atomic mass is 16.5. The summed E-state index contributed by atoms with van der Waals surface area (Å²) in [4.78, 5) is 41.6. The molecule has 1 aliphatic heterocycles. The predicted octanol–water partition coefficient (Wildman–Crippen LogP) is 2.04. The molecule has 1 aromatic heterocycles. The SMILES string of the molecule is O=COC(c1ccccc1)N1CCN(Cc2ccc3[nH]c(=O)ccc3c2)C(=O)C1. The molecule has 7 heteroatoms. The van der Waals surface area contributed by atoms with E-state index < -0.39 is 6.23 Å². The summed E-state index contributed by atoms with van der Waals surface area (Å²) in [6, 6.07) is 18.4. The van der Waals surface area contributed by atoms with Gasteiger partial charge in [-0.25, -0.2) is 0 Å². The van der Waals surface area contributed by atoms with Crippen molar-refractivity contribution in [3.8, 4) is 0 Å². The van der Waals surface area contributed by atoms with Crippen LogP contribution in [-0.4, -0.2) is 46.8 Å². The third kappa shape index (κ3) is 4.20. The highest BCUT2D eigenvalue weighted by Crippen LogP contribution is 2.24. The number of amides is 1. The fourth-order valence-corrected chi connectivity index (χ4v) is 3.66. The summed E-state index contributed by atoms with van der Waals surface area (Å²) < 4.78 is 5.27. The van der Waals surface area contributed by atoms with Crippen LogP contribution in [0, 0.1) is 0 Å². The summed E-state index contributed by atoms with van der Waals surface area (Å²) in [5, 5.41) is 0.928. The number of H-pyrrole nitrogens is 1. The molecule has 0 spiro atoms. The van der Waals surface area contributed by atoms with Crippen LogP contribution in [0.2, 0.25) is 0 Å². The first-order valence-corrected chi connectivity index (χ1v) is 9.42.